The predicted molar refractivity (Wildman–Crippen MR) is 93.0 cm³/mol. The van der Waals surface area contributed by atoms with Gasteiger partial charge in [-0.3, -0.25) is 4.79 Å². The fraction of sp³-hybridized carbons (Fsp3) is 0.400. The van der Waals surface area contributed by atoms with Gasteiger partial charge in [-0.05, 0) is 48.1 Å². The maximum Gasteiger partial charge on any atom is 0.309 e. The van der Waals surface area contributed by atoms with Crippen molar-refractivity contribution in [3.05, 3.63) is 42.3 Å². The molecule has 1 saturated carbocycles. The summed E-state index contributed by atoms with van der Waals surface area (Å²) in [6, 6.07) is 12.2. The van der Waals surface area contributed by atoms with Crippen LogP contribution in [0.4, 0.5) is 0 Å². The van der Waals surface area contributed by atoms with Crippen LogP contribution in [-0.2, 0) is 4.79 Å². The van der Waals surface area contributed by atoms with Gasteiger partial charge in [0.2, 0.25) is 0 Å². The van der Waals surface area contributed by atoms with Crippen molar-refractivity contribution in [2.24, 2.45) is 10.8 Å². The molecule has 1 N–H and O–H groups in total. The molecule has 0 spiro atoms. The lowest BCUT2D eigenvalue weighted by molar-refractivity contribution is -0.153. The van der Waals surface area contributed by atoms with E-state index in [1.807, 2.05) is 45.0 Å². The molecule has 1 aromatic heterocycles. The van der Waals surface area contributed by atoms with E-state index >= 15 is 0 Å². The first-order chi connectivity index (χ1) is 11.3. The first-order valence-corrected chi connectivity index (χ1v) is 8.35. The van der Waals surface area contributed by atoms with Gasteiger partial charge in [0.15, 0.2) is 11.5 Å². The number of nitrogens with zero attached hydrogens (tertiary/aromatic N) is 1. The number of fused-ring (bicyclic) bond motifs is 2. The third kappa shape index (κ3) is 1.92. The number of aromatic nitrogens is 1. The number of hydrogen-bond acceptors (Lipinski definition) is 3. The van der Waals surface area contributed by atoms with Gasteiger partial charge in [0.05, 0.1) is 5.41 Å². The third-order valence-electron chi connectivity index (χ3n) is 6.27. The molecule has 2 atom stereocenters. The van der Waals surface area contributed by atoms with Crippen LogP contribution in [0.25, 0.3) is 21.9 Å². The molecule has 0 bridgehead atoms. The minimum Gasteiger partial charge on any atom is -0.481 e. The average molecular weight is 323 g/mol. The Morgan fingerprint density at radius 1 is 1.21 bits per heavy atom. The first-order valence-electron chi connectivity index (χ1n) is 8.35. The molecule has 4 rings (SSSR count). The number of aliphatic carboxylic acids is 1. The zero-order chi connectivity index (χ0) is 17.1. The molecule has 3 aromatic rings. The second-order valence-corrected chi connectivity index (χ2v) is 7.67. The second kappa shape index (κ2) is 4.82. The van der Waals surface area contributed by atoms with Crippen molar-refractivity contribution < 1.29 is 14.3 Å². The van der Waals surface area contributed by atoms with Crippen molar-refractivity contribution in [1.82, 2.24) is 4.98 Å². The molecule has 0 radical (unpaired) electrons. The van der Waals surface area contributed by atoms with Gasteiger partial charge in [0.25, 0.3) is 0 Å². The minimum absolute atomic E-state index is 0.00844. The molecule has 0 amide bonds. The van der Waals surface area contributed by atoms with Gasteiger partial charge in [0.1, 0.15) is 5.52 Å². The number of carboxylic acid groups (broad SMARTS) is 1. The van der Waals surface area contributed by atoms with Crippen LogP contribution in [0.15, 0.2) is 40.8 Å². The number of hydrogen-bond donors (Lipinski definition) is 1. The highest BCUT2D eigenvalue weighted by atomic mass is 16.4. The molecule has 0 aliphatic heterocycles. The van der Waals surface area contributed by atoms with Gasteiger partial charge >= 0.3 is 5.97 Å². The van der Waals surface area contributed by atoms with Crippen LogP contribution in [0.3, 0.4) is 0 Å². The molecule has 4 nitrogen and oxygen atoms in total. The van der Waals surface area contributed by atoms with Crippen LogP contribution in [0, 0.1) is 10.8 Å². The molecule has 0 unspecified atom stereocenters. The van der Waals surface area contributed by atoms with E-state index in [1.54, 1.807) is 0 Å². The average Bonchev–Trinajstić information content (AvgIpc) is 3.03. The summed E-state index contributed by atoms with van der Waals surface area (Å²) in [5.74, 6) is -0.0683. The number of benzene rings is 2. The smallest absolute Gasteiger partial charge is 0.309 e. The largest absolute Gasteiger partial charge is 0.481 e. The van der Waals surface area contributed by atoms with Gasteiger partial charge in [-0.2, -0.15) is 0 Å². The number of carbonyl (C=O) groups is 1. The normalized spacial score (nSPS) is 26.2. The van der Waals surface area contributed by atoms with E-state index < -0.39 is 16.8 Å². The van der Waals surface area contributed by atoms with Gasteiger partial charge in [0, 0.05) is 5.92 Å². The lowest BCUT2D eigenvalue weighted by atomic mass is 9.66. The van der Waals surface area contributed by atoms with E-state index in [-0.39, 0.29) is 5.92 Å². The summed E-state index contributed by atoms with van der Waals surface area (Å²) in [7, 11) is 0. The Hall–Kier alpha value is -2.36. The quantitative estimate of drug-likeness (QED) is 0.722. The van der Waals surface area contributed by atoms with E-state index in [4.69, 9.17) is 9.40 Å². The standard InChI is InChI=1S/C20H21NO3/c1-19(2)14(8-9-20(19,3)18(22)23)17-21-15-10-12-6-4-5-7-13(12)11-16(15)24-17/h4-7,10-11,14H,8-9H2,1-3H3,(H,22,23)/t14-,20+/m1/s1. The Labute approximate surface area is 140 Å². The van der Waals surface area contributed by atoms with Crippen LogP contribution in [0.5, 0.6) is 0 Å². The summed E-state index contributed by atoms with van der Waals surface area (Å²) in [4.78, 5) is 16.5. The van der Waals surface area contributed by atoms with Crippen molar-refractivity contribution in [2.75, 3.05) is 0 Å². The fourth-order valence-electron chi connectivity index (χ4n) is 4.10. The lowest BCUT2D eigenvalue weighted by Gasteiger charge is -2.37. The SMILES string of the molecule is CC1(C)[C@@H](c2nc3cc4ccccc4cc3o2)CC[C@@]1(C)C(=O)O. The highest BCUT2D eigenvalue weighted by Gasteiger charge is 2.57. The Kier molecular flexibility index (Phi) is 3.05. The molecular formula is C20H21NO3. The Bertz CT molecular complexity index is 903. The molecule has 124 valence electrons. The van der Waals surface area contributed by atoms with E-state index in [0.29, 0.717) is 12.3 Å². The number of carboxylic acids is 1. The van der Waals surface area contributed by atoms with E-state index in [0.717, 1.165) is 28.3 Å². The Morgan fingerprint density at radius 3 is 2.50 bits per heavy atom. The molecule has 4 heteroatoms. The van der Waals surface area contributed by atoms with Crippen molar-refractivity contribution in [2.45, 2.75) is 39.5 Å². The maximum absolute atomic E-state index is 11.8. The summed E-state index contributed by atoms with van der Waals surface area (Å²) in [5.41, 5.74) is 0.425. The molecule has 1 aliphatic rings. The Morgan fingerprint density at radius 2 is 1.88 bits per heavy atom. The molecular weight excluding hydrogens is 302 g/mol. The van der Waals surface area contributed by atoms with Crippen molar-refractivity contribution in [1.29, 1.82) is 0 Å². The third-order valence-corrected chi connectivity index (χ3v) is 6.27. The van der Waals surface area contributed by atoms with Crippen molar-refractivity contribution in [3.63, 3.8) is 0 Å². The molecule has 1 fully saturated rings. The lowest BCUT2D eigenvalue weighted by Crippen LogP contribution is -2.40. The molecule has 0 saturated heterocycles. The van der Waals surface area contributed by atoms with E-state index in [1.165, 1.54) is 0 Å². The van der Waals surface area contributed by atoms with Crippen LogP contribution in [-0.4, -0.2) is 16.1 Å². The van der Waals surface area contributed by atoms with Crippen molar-refractivity contribution in [3.8, 4) is 0 Å². The minimum atomic E-state index is -0.761. The van der Waals surface area contributed by atoms with Crippen LogP contribution in [0.2, 0.25) is 0 Å². The predicted octanol–water partition coefficient (Wildman–Crippen LogP) is 4.98. The first kappa shape index (κ1) is 15.2. The fourth-order valence-corrected chi connectivity index (χ4v) is 4.10. The van der Waals surface area contributed by atoms with Gasteiger partial charge in [-0.15, -0.1) is 0 Å². The summed E-state index contributed by atoms with van der Waals surface area (Å²) in [6.45, 7) is 5.88. The van der Waals surface area contributed by atoms with Crippen LogP contribution >= 0.6 is 0 Å². The zero-order valence-electron chi connectivity index (χ0n) is 14.2. The van der Waals surface area contributed by atoms with Gasteiger partial charge in [-0.1, -0.05) is 38.1 Å². The monoisotopic (exact) mass is 323 g/mol. The summed E-state index contributed by atoms with van der Waals surface area (Å²) in [6.07, 6.45) is 1.42. The number of oxazole rings is 1. The molecule has 1 aliphatic carbocycles. The van der Waals surface area contributed by atoms with Gasteiger partial charge < -0.3 is 9.52 Å². The molecule has 1 heterocycles. The summed E-state index contributed by atoms with van der Waals surface area (Å²) in [5, 5.41) is 11.9. The summed E-state index contributed by atoms with van der Waals surface area (Å²) >= 11 is 0. The zero-order valence-corrected chi connectivity index (χ0v) is 14.2. The van der Waals surface area contributed by atoms with Crippen LogP contribution in [0.1, 0.15) is 45.4 Å². The topological polar surface area (TPSA) is 63.3 Å². The van der Waals surface area contributed by atoms with Gasteiger partial charge in [-0.25, -0.2) is 4.98 Å². The molecule has 2 aromatic carbocycles. The summed E-state index contributed by atoms with van der Waals surface area (Å²) < 4.78 is 6.06. The highest BCUT2D eigenvalue weighted by Crippen LogP contribution is 2.59. The number of rotatable bonds is 2. The van der Waals surface area contributed by atoms with E-state index in [2.05, 4.69) is 12.1 Å². The maximum atomic E-state index is 11.8. The highest BCUT2D eigenvalue weighted by molar-refractivity contribution is 5.94. The second-order valence-electron chi connectivity index (χ2n) is 7.67. The van der Waals surface area contributed by atoms with Crippen LogP contribution < -0.4 is 0 Å². The van der Waals surface area contributed by atoms with Crippen molar-refractivity contribution >= 4 is 27.8 Å². The molecule has 24 heavy (non-hydrogen) atoms. The Balaban J connectivity index is 1.82. The van der Waals surface area contributed by atoms with E-state index in [9.17, 15) is 9.90 Å².